The number of thiocarbonyl (C=S) groups is 2. The van der Waals surface area contributed by atoms with Crippen LogP contribution in [0.1, 0.15) is 0 Å². The lowest BCUT2D eigenvalue weighted by Crippen LogP contribution is -2.21. The van der Waals surface area contributed by atoms with Gasteiger partial charge in [0.05, 0.1) is 12.8 Å². The first-order valence-electron chi connectivity index (χ1n) is 8.58. The minimum Gasteiger partial charge on any atom is -0.495 e. The average molecular weight is 409 g/mol. The molecule has 0 unspecified atom stereocenters. The van der Waals surface area contributed by atoms with Gasteiger partial charge in [-0.1, -0.05) is 36.4 Å². The molecule has 0 aliphatic heterocycles. The van der Waals surface area contributed by atoms with Crippen molar-refractivity contribution in [3.8, 4) is 5.75 Å². The summed E-state index contributed by atoms with van der Waals surface area (Å²) in [5.41, 5.74) is 3.35. The van der Waals surface area contributed by atoms with Gasteiger partial charge in [0, 0.05) is 17.1 Å². The maximum Gasteiger partial charge on any atom is 0.175 e. The number of hydrogen-bond donors (Lipinski definition) is 4. The molecule has 0 spiro atoms. The topological polar surface area (TPSA) is 57.4 Å². The van der Waals surface area contributed by atoms with Crippen LogP contribution in [0.2, 0.25) is 0 Å². The molecule has 0 amide bonds. The smallest absolute Gasteiger partial charge is 0.175 e. The minimum atomic E-state index is 0.464. The van der Waals surface area contributed by atoms with Crippen molar-refractivity contribution in [3.63, 3.8) is 0 Å². The number of methoxy groups -OCH3 is 1. The zero-order valence-electron chi connectivity index (χ0n) is 15.2. The number of ether oxygens (including phenoxy) is 1. The van der Waals surface area contributed by atoms with Crippen LogP contribution in [0.5, 0.6) is 5.75 Å². The third kappa shape index (κ3) is 5.67. The predicted octanol–water partition coefficient (Wildman–Crippen LogP) is 5.31. The third-order valence-corrected chi connectivity index (χ3v) is 4.18. The van der Waals surface area contributed by atoms with Gasteiger partial charge in [-0.3, -0.25) is 0 Å². The summed E-state index contributed by atoms with van der Waals surface area (Å²) in [7, 11) is 1.61. The molecule has 0 aromatic heterocycles. The van der Waals surface area contributed by atoms with Gasteiger partial charge in [-0.2, -0.15) is 0 Å². The standard InChI is InChI=1S/C21H20N4OS2/c1-26-19-13-12-17(24-20(27)22-15-8-4-2-5-9-15)14-18(19)25-21(28)23-16-10-6-3-7-11-16/h2-14H,1H3,(H2,22,24,27)(H2,23,25,28). The Hall–Kier alpha value is -3.16. The molecule has 0 saturated heterocycles. The second kappa shape index (κ2) is 9.68. The van der Waals surface area contributed by atoms with Gasteiger partial charge < -0.3 is 26.0 Å². The van der Waals surface area contributed by atoms with Crippen LogP contribution >= 0.6 is 24.4 Å². The highest BCUT2D eigenvalue weighted by Crippen LogP contribution is 2.28. The first-order valence-corrected chi connectivity index (χ1v) is 9.40. The van der Waals surface area contributed by atoms with Crippen molar-refractivity contribution < 1.29 is 4.74 Å². The highest BCUT2D eigenvalue weighted by molar-refractivity contribution is 7.81. The lowest BCUT2D eigenvalue weighted by Gasteiger charge is -2.16. The highest BCUT2D eigenvalue weighted by atomic mass is 32.1. The summed E-state index contributed by atoms with van der Waals surface area (Å²) in [6, 6.07) is 25.1. The molecule has 0 aliphatic carbocycles. The van der Waals surface area contributed by atoms with E-state index in [1.54, 1.807) is 7.11 Å². The van der Waals surface area contributed by atoms with E-state index in [-0.39, 0.29) is 0 Å². The van der Waals surface area contributed by atoms with Crippen molar-refractivity contribution in [2.24, 2.45) is 0 Å². The Morgan fingerprint density at radius 2 is 1.14 bits per heavy atom. The summed E-state index contributed by atoms with van der Waals surface area (Å²) in [6.45, 7) is 0. The number of para-hydroxylation sites is 2. The molecule has 7 heteroatoms. The molecule has 0 fully saturated rings. The number of nitrogens with one attached hydrogen (secondary N) is 4. The van der Waals surface area contributed by atoms with E-state index >= 15 is 0 Å². The number of benzene rings is 3. The summed E-state index contributed by atoms with van der Waals surface area (Å²) >= 11 is 10.8. The Kier molecular flexibility index (Phi) is 6.78. The van der Waals surface area contributed by atoms with Crippen LogP contribution in [0, 0.1) is 0 Å². The van der Waals surface area contributed by atoms with Crippen molar-refractivity contribution >= 4 is 57.4 Å². The van der Waals surface area contributed by atoms with Crippen LogP contribution in [0.3, 0.4) is 0 Å². The fourth-order valence-corrected chi connectivity index (χ4v) is 2.97. The van der Waals surface area contributed by atoms with E-state index in [4.69, 9.17) is 29.2 Å². The Balaban J connectivity index is 1.67. The number of anilines is 4. The molecule has 0 heterocycles. The number of hydrogen-bond acceptors (Lipinski definition) is 3. The summed E-state index contributed by atoms with van der Waals surface area (Å²) in [5, 5.41) is 13.6. The van der Waals surface area contributed by atoms with Gasteiger partial charge >= 0.3 is 0 Å². The van der Waals surface area contributed by atoms with E-state index in [0.717, 1.165) is 22.7 Å². The molecule has 3 aromatic carbocycles. The van der Waals surface area contributed by atoms with E-state index in [1.165, 1.54) is 0 Å². The van der Waals surface area contributed by atoms with Crippen molar-refractivity contribution in [1.29, 1.82) is 0 Å². The summed E-state index contributed by atoms with van der Waals surface area (Å²) < 4.78 is 5.43. The van der Waals surface area contributed by atoms with Gasteiger partial charge in [-0.05, 0) is 66.9 Å². The maximum atomic E-state index is 5.43. The molecule has 142 valence electrons. The molecule has 5 nitrogen and oxygen atoms in total. The Morgan fingerprint density at radius 3 is 1.68 bits per heavy atom. The first-order chi connectivity index (χ1) is 13.6. The summed E-state index contributed by atoms with van der Waals surface area (Å²) in [4.78, 5) is 0. The average Bonchev–Trinajstić information content (AvgIpc) is 2.69. The Bertz CT molecular complexity index is 949. The summed E-state index contributed by atoms with van der Waals surface area (Å²) in [6.07, 6.45) is 0. The molecular formula is C21H20N4OS2. The predicted molar refractivity (Wildman–Crippen MR) is 126 cm³/mol. The largest absolute Gasteiger partial charge is 0.495 e. The van der Waals surface area contributed by atoms with Crippen LogP contribution in [-0.4, -0.2) is 17.3 Å². The molecule has 0 saturated carbocycles. The zero-order valence-corrected chi connectivity index (χ0v) is 16.9. The molecule has 3 rings (SSSR count). The summed E-state index contributed by atoms with van der Waals surface area (Å²) in [5.74, 6) is 0.671. The molecule has 28 heavy (non-hydrogen) atoms. The van der Waals surface area contributed by atoms with E-state index in [2.05, 4.69) is 21.3 Å². The lowest BCUT2D eigenvalue weighted by atomic mass is 10.2. The Labute approximate surface area is 175 Å². The molecule has 0 radical (unpaired) electrons. The fraction of sp³-hybridized carbons (Fsp3) is 0.0476. The van der Waals surface area contributed by atoms with E-state index in [1.807, 2.05) is 78.9 Å². The second-order valence-electron chi connectivity index (χ2n) is 5.81. The van der Waals surface area contributed by atoms with Crippen LogP contribution in [0.4, 0.5) is 22.7 Å². The minimum absolute atomic E-state index is 0.464. The molecule has 4 N–H and O–H groups in total. The normalized spacial score (nSPS) is 9.89. The van der Waals surface area contributed by atoms with Crippen molar-refractivity contribution in [3.05, 3.63) is 78.9 Å². The molecular weight excluding hydrogens is 388 g/mol. The van der Waals surface area contributed by atoms with Crippen LogP contribution in [0.25, 0.3) is 0 Å². The maximum absolute atomic E-state index is 5.43. The zero-order chi connectivity index (χ0) is 19.8. The monoisotopic (exact) mass is 408 g/mol. The van der Waals surface area contributed by atoms with Gasteiger partial charge in [0.1, 0.15) is 5.75 Å². The first kappa shape index (κ1) is 19.6. The molecule has 0 bridgehead atoms. The second-order valence-corrected chi connectivity index (χ2v) is 6.62. The SMILES string of the molecule is COc1ccc(NC(=S)Nc2ccccc2)cc1NC(=S)Nc1ccccc1. The van der Waals surface area contributed by atoms with Crippen LogP contribution < -0.4 is 26.0 Å². The van der Waals surface area contributed by atoms with Crippen LogP contribution in [-0.2, 0) is 0 Å². The van der Waals surface area contributed by atoms with Crippen LogP contribution in [0.15, 0.2) is 78.9 Å². The molecule has 3 aromatic rings. The number of rotatable bonds is 5. The third-order valence-electron chi connectivity index (χ3n) is 3.77. The quantitative estimate of drug-likeness (QED) is 0.427. The van der Waals surface area contributed by atoms with Crippen molar-refractivity contribution in [1.82, 2.24) is 0 Å². The lowest BCUT2D eigenvalue weighted by molar-refractivity contribution is 0.417. The van der Waals surface area contributed by atoms with E-state index in [9.17, 15) is 0 Å². The highest BCUT2D eigenvalue weighted by Gasteiger charge is 2.08. The van der Waals surface area contributed by atoms with Gasteiger partial charge in [-0.15, -0.1) is 0 Å². The van der Waals surface area contributed by atoms with Gasteiger partial charge in [0.2, 0.25) is 0 Å². The van der Waals surface area contributed by atoms with Gasteiger partial charge in [0.15, 0.2) is 10.2 Å². The van der Waals surface area contributed by atoms with Gasteiger partial charge in [-0.25, -0.2) is 0 Å². The van der Waals surface area contributed by atoms with E-state index in [0.29, 0.717) is 16.0 Å². The van der Waals surface area contributed by atoms with Crippen molar-refractivity contribution in [2.75, 3.05) is 28.4 Å². The van der Waals surface area contributed by atoms with E-state index < -0.39 is 0 Å². The van der Waals surface area contributed by atoms with Crippen molar-refractivity contribution in [2.45, 2.75) is 0 Å². The molecule has 0 atom stereocenters. The molecule has 0 aliphatic rings. The fourth-order valence-electron chi connectivity index (χ4n) is 2.50. The van der Waals surface area contributed by atoms with Gasteiger partial charge in [0.25, 0.3) is 0 Å². The Morgan fingerprint density at radius 1 is 0.643 bits per heavy atom.